The number of hydrogen-bond acceptors (Lipinski definition) is 6. The van der Waals surface area contributed by atoms with Gasteiger partial charge in [-0.2, -0.15) is 0 Å². The number of likely N-dealkylation sites (N-methyl/N-ethyl adjacent to an activating group) is 1. The highest BCUT2D eigenvalue weighted by molar-refractivity contribution is 6.30. The molecule has 2 aromatic heterocycles. The van der Waals surface area contributed by atoms with Crippen LogP contribution in [0.15, 0.2) is 59.9 Å². The number of aromatic nitrogens is 2. The molecule has 7 nitrogen and oxygen atoms in total. The van der Waals surface area contributed by atoms with Gasteiger partial charge in [0.1, 0.15) is 17.2 Å². The third kappa shape index (κ3) is 3.60. The molecule has 5 rings (SSSR count). The lowest BCUT2D eigenvalue weighted by atomic mass is 9.75. The predicted molar refractivity (Wildman–Crippen MR) is 122 cm³/mol. The second-order valence-electron chi connectivity index (χ2n) is 8.64. The SMILES string of the molecule is CN1C(=O)C2(C[C@@](C)(Cc3ccccn3)Oc3cnc(-c4cc(F)cc(Cl)c4)cc32)N=C1N. The van der Waals surface area contributed by atoms with Crippen LogP contribution < -0.4 is 10.5 Å². The fourth-order valence-corrected chi connectivity index (χ4v) is 4.84. The molecule has 2 N–H and O–H groups in total. The standard InChI is InChI=1S/C24H21ClFN5O2/c1-23(11-17-5-3-4-6-28-17)13-24(21(32)31(2)22(27)30-24)18-10-19(29-12-20(18)33-23)14-7-15(25)9-16(26)8-14/h3-10,12H,11,13H2,1-2H3,(H2,27,30)/t23-,24?/m1/s1. The Bertz CT molecular complexity index is 1280. The van der Waals surface area contributed by atoms with E-state index in [-0.39, 0.29) is 23.3 Å². The van der Waals surface area contributed by atoms with E-state index in [0.29, 0.717) is 29.0 Å². The van der Waals surface area contributed by atoms with Gasteiger partial charge in [0.25, 0.3) is 5.91 Å². The molecule has 3 aromatic rings. The zero-order valence-corrected chi connectivity index (χ0v) is 18.8. The summed E-state index contributed by atoms with van der Waals surface area (Å²) in [5.74, 6) is -0.192. The average molecular weight is 466 g/mol. The van der Waals surface area contributed by atoms with Crippen LogP contribution >= 0.6 is 11.6 Å². The van der Waals surface area contributed by atoms with Gasteiger partial charge in [0, 0.05) is 47.9 Å². The van der Waals surface area contributed by atoms with Crippen LogP contribution in [0.4, 0.5) is 4.39 Å². The molecular formula is C24H21ClFN5O2. The fourth-order valence-electron chi connectivity index (χ4n) is 4.62. The third-order valence-electron chi connectivity index (χ3n) is 6.05. The van der Waals surface area contributed by atoms with Crippen LogP contribution in [0.25, 0.3) is 11.3 Å². The second-order valence-corrected chi connectivity index (χ2v) is 9.08. The number of guanidine groups is 1. The fraction of sp³-hybridized carbons (Fsp3) is 0.250. The van der Waals surface area contributed by atoms with Crippen molar-refractivity contribution in [3.63, 3.8) is 0 Å². The van der Waals surface area contributed by atoms with Crippen molar-refractivity contribution in [3.05, 3.63) is 77.0 Å². The van der Waals surface area contributed by atoms with Crippen LogP contribution in [0.1, 0.15) is 24.6 Å². The van der Waals surface area contributed by atoms with E-state index in [1.807, 2.05) is 25.1 Å². The number of rotatable bonds is 3. The van der Waals surface area contributed by atoms with Crippen LogP contribution in [0.5, 0.6) is 5.75 Å². The molecule has 0 bridgehead atoms. The van der Waals surface area contributed by atoms with Crippen molar-refractivity contribution in [3.8, 4) is 17.0 Å². The van der Waals surface area contributed by atoms with Crippen molar-refractivity contribution in [2.75, 3.05) is 7.05 Å². The number of fused-ring (bicyclic) bond motifs is 2. The van der Waals surface area contributed by atoms with E-state index in [2.05, 4.69) is 15.0 Å². The number of nitrogens with zero attached hydrogens (tertiary/aromatic N) is 4. The molecule has 1 unspecified atom stereocenters. The van der Waals surface area contributed by atoms with E-state index in [1.54, 1.807) is 31.6 Å². The molecule has 4 heterocycles. The molecule has 0 saturated heterocycles. The maximum absolute atomic E-state index is 14.0. The monoisotopic (exact) mass is 465 g/mol. The molecule has 9 heteroatoms. The Balaban J connectivity index is 1.65. The highest BCUT2D eigenvalue weighted by Crippen LogP contribution is 2.50. The van der Waals surface area contributed by atoms with E-state index in [1.165, 1.54) is 17.0 Å². The number of carbonyl (C=O) groups is 1. The molecule has 0 fully saturated rings. The summed E-state index contributed by atoms with van der Waals surface area (Å²) in [4.78, 5) is 28.4. The predicted octanol–water partition coefficient (Wildman–Crippen LogP) is 3.70. The molecule has 2 aliphatic heterocycles. The lowest BCUT2D eigenvalue weighted by molar-refractivity contribution is -0.134. The van der Waals surface area contributed by atoms with Crippen molar-refractivity contribution in [1.29, 1.82) is 0 Å². The number of amides is 1. The Kier molecular flexibility index (Phi) is 4.86. The molecule has 2 aliphatic rings. The second kappa shape index (κ2) is 7.52. The van der Waals surface area contributed by atoms with Gasteiger partial charge >= 0.3 is 0 Å². The van der Waals surface area contributed by atoms with Crippen LogP contribution in [0.3, 0.4) is 0 Å². The number of hydrogen-bond donors (Lipinski definition) is 1. The van der Waals surface area contributed by atoms with Gasteiger partial charge in [-0.3, -0.25) is 19.7 Å². The first kappa shape index (κ1) is 21.3. The molecule has 0 saturated carbocycles. The van der Waals surface area contributed by atoms with E-state index in [0.717, 1.165) is 5.69 Å². The number of carbonyl (C=O) groups excluding carboxylic acids is 1. The summed E-state index contributed by atoms with van der Waals surface area (Å²) in [6.45, 7) is 1.92. The van der Waals surface area contributed by atoms with Crippen molar-refractivity contribution in [1.82, 2.24) is 14.9 Å². The summed E-state index contributed by atoms with van der Waals surface area (Å²) < 4.78 is 20.4. The van der Waals surface area contributed by atoms with Crippen molar-refractivity contribution in [2.45, 2.75) is 30.9 Å². The first-order valence-electron chi connectivity index (χ1n) is 10.4. The van der Waals surface area contributed by atoms with E-state index in [9.17, 15) is 9.18 Å². The van der Waals surface area contributed by atoms with Crippen LogP contribution in [0, 0.1) is 5.82 Å². The highest BCUT2D eigenvalue weighted by atomic mass is 35.5. The lowest BCUT2D eigenvalue weighted by Crippen LogP contribution is -2.51. The minimum atomic E-state index is -1.29. The number of benzene rings is 1. The van der Waals surface area contributed by atoms with E-state index >= 15 is 0 Å². The first-order valence-corrected chi connectivity index (χ1v) is 10.8. The average Bonchev–Trinajstić information content (AvgIpc) is 2.97. The zero-order valence-electron chi connectivity index (χ0n) is 18.0. The molecule has 33 heavy (non-hydrogen) atoms. The molecule has 1 amide bonds. The summed E-state index contributed by atoms with van der Waals surface area (Å²) in [5, 5.41) is 0.248. The van der Waals surface area contributed by atoms with Crippen molar-refractivity contribution >= 4 is 23.5 Å². The minimum Gasteiger partial charge on any atom is -0.485 e. The summed E-state index contributed by atoms with van der Waals surface area (Å²) in [6.07, 6.45) is 3.97. The van der Waals surface area contributed by atoms with E-state index < -0.39 is 17.0 Å². The normalized spacial score (nSPS) is 23.9. The minimum absolute atomic E-state index is 0.125. The zero-order chi connectivity index (χ0) is 23.4. The third-order valence-corrected chi connectivity index (χ3v) is 6.26. The largest absolute Gasteiger partial charge is 0.485 e. The summed E-state index contributed by atoms with van der Waals surface area (Å²) in [6, 6.07) is 11.5. The van der Waals surface area contributed by atoms with Crippen LogP contribution in [-0.2, 0) is 16.8 Å². The van der Waals surface area contributed by atoms with Gasteiger partial charge in [0.2, 0.25) is 0 Å². The molecular weight excluding hydrogens is 445 g/mol. The van der Waals surface area contributed by atoms with Gasteiger partial charge in [-0.15, -0.1) is 0 Å². The lowest BCUT2D eigenvalue weighted by Gasteiger charge is -2.43. The quantitative estimate of drug-likeness (QED) is 0.636. The highest BCUT2D eigenvalue weighted by Gasteiger charge is 2.57. The number of aliphatic imine (C=N–C) groups is 1. The Labute approximate surface area is 195 Å². The Morgan fingerprint density at radius 3 is 2.73 bits per heavy atom. The summed E-state index contributed by atoms with van der Waals surface area (Å²) in [5.41, 5.74) is 6.29. The first-order chi connectivity index (χ1) is 15.7. The summed E-state index contributed by atoms with van der Waals surface area (Å²) in [7, 11) is 1.59. The van der Waals surface area contributed by atoms with Gasteiger partial charge in [-0.1, -0.05) is 17.7 Å². The van der Waals surface area contributed by atoms with Crippen LogP contribution in [0.2, 0.25) is 5.02 Å². The molecule has 1 spiro atoms. The van der Waals surface area contributed by atoms with Crippen molar-refractivity contribution in [2.24, 2.45) is 10.7 Å². The van der Waals surface area contributed by atoms with Gasteiger partial charge < -0.3 is 10.5 Å². The van der Waals surface area contributed by atoms with Gasteiger partial charge in [-0.25, -0.2) is 9.38 Å². The number of ether oxygens (including phenoxy) is 1. The Morgan fingerprint density at radius 2 is 2.06 bits per heavy atom. The van der Waals surface area contributed by atoms with Gasteiger partial charge in [0.15, 0.2) is 11.5 Å². The molecule has 1 aromatic carbocycles. The van der Waals surface area contributed by atoms with Crippen LogP contribution in [-0.4, -0.2) is 39.4 Å². The van der Waals surface area contributed by atoms with Crippen molar-refractivity contribution < 1.29 is 13.9 Å². The number of pyridine rings is 2. The maximum Gasteiger partial charge on any atom is 0.261 e. The molecule has 2 atom stereocenters. The summed E-state index contributed by atoms with van der Waals surface area (Å²) >= 11 is 6.04. The molecule has 0 aliphatic carbocycles. The Morgan fingerprint density at radius 1 is 1.24 bits per heavy atom. The van der Waals surface area contributed by atoms with E-state index in [4.69, 9.17) is 22.1 Å². The smallest absolute Gasteiger partial charge is 0.261 e. The Hall–Kier alpha value is -3.52. The number of halogens is 2. The topological polar surface area (TPSA) is 93.7 Å². The van der Waals surface area contributed by atoms with Gasteiger partial charge in [0.05, 0.1) is 11.9 Å². The maximum atomic E-state index is 14.0. The molecule has 0 radical (unpaired) electrons. The van der Waals surface area contributed by atoms with Gasteiger partial charge in [-0.05, 0) is 43.3 Å². The number of nitrogens with two attached hydrogens (primary N) is 1. The molecule has 168 valence electrons.